The van der Waals surface area contributed by atoms with Gasteiger partial charge in [0.1, 0.15) is 29.8 Å². The molecule has 3 aromatic carbocycles. The number of H-pyrrole nitrogens is 1. The van der Waals surface area contributed by atoms with Crippen LogP contribution in [0.15, 0.2) is 96.3 Å². The lowest BCUT2D eigenvalue weighted by Gasteiger charge is -2.58. The third-order valence-corrected chi connectivity index (χ3v) is 20.1. The van der Waals surface area contributed by atoms with E-state index in [2.05, 4.69) is 83.8 Å². The third kappa shape index (κ3) is 10.2. The van der Waals surface area contributed by atoms with E-state index in [1.165, 1.54) is 17.2 Å². The lowest BCUT2D eigenvalue weighted by atomic mass is 9.59. The molecule has 436 valence electrons. The SMILES string of the molecule is CC(C)Oc1ccccc1[C@@H]1CN([C@H]2COCc3cnccc32)CCN1C1CC2(CCN(c3ccc(C(=O)NS(=O)(=O)c4cc5c(c([N+](=O)[O-])c4)N[C@H](C4CCOCC4)CO5)c(N4c5cc6cc[nH]c6nc5O[C@H]5COCC[C@@H]54)c3)CC2)C1. The summed E-state index contributed by atoms with van der Waals surface area (Å²) in [5, 5.41) is 16.7. The molecule has 3 N–H and O–H groups in total. The van der Waals surface area contributed by atoms with Crippen molar-refractivity contribution < 1.29 is 46.6 Å². The molecule has 83 heavy (non-hydrogen) atoms. The number of nitro groups is 1. The van der Waals surface area contributed by atoms with Crippen molar-refractivity contribution in [2.75, 3.05) is 87.5 Å². The molecule has 3 aromatic heterocycles. The zero-order valence-corrected chi connectivity index (χ0v) is 47.6. The van der Waals surface area contributed by atoms with Crippen LogP contribution >= 0.6 is 0 Å². The van der Waals surface area contributed by atoms with Gasteiger partial charge in [0, 0.05) is 112 Å². The molecule has 22 heteroatoms. The zero-order valence-electron chi connectivity index (χ0n) is 46.7. The van der Waals surface area contributed by atoms with Crippen molar-refractivity contribution >= 4 is 55.4 Å². The van der Waals surface area contributed by atoms with Crippen molar-refractivity contribution in [3.8, 4) is 17.4 Å². The number of piperazine rings is 1. The summed E-state index contributed by atoms with van der Waals surface area (Å²) in [5.74, 6) is 0.577. The summed E-state index contributed by atoms with van der Waals surface area (Å²) >= 11 is 0. The van der Waals surface area contributed by atoms with Crippen LogP contribution in [0, 0.1) is 21.4 Å². The predicted molar refractivity (Wildman–Crippen MR) is 309 cm³/mol. The number of benzene rings is 3. The summed E-state index contributed by atoms with van der Waals surface area (Å²) in [5.41, 5.74) is 6.23. The number of aromatic amines is 1. The van der Waals surface area contributed by atoms with Gasteiger partial charge >= 0.3 is 0 Å². The maximum absolute atomic E-state index is 15.0. The van der Waals surface area contributed by atoms with Crippen LogP contribution in [0.4, 0.5) is 28.4 Å². The fraction of sp³-hybridized carbons (Fsp3) is 0.492. The number of aromatic nitrogens is 3. The highest BCUT2D eigenvalue weighted by Crippen LogP contribution is 2.55. The highest BCUT2D eigenvalue weighted by Gasteiger charge is 2.51. The zero-order chi connectivity index (χ0) is 56.6. The first-order valence-corrected chi connectivity index (χ1v) is 30.9. The molecule has 0 radical (unpaired) electrons. The van der Waals surface area contributed by atoms with Crippen LogP contribution in [-0.2, 0) is 30.8 Å². The number of nitrogens with zero attached hydrogens (tertiary/aromatic N) is 7. The standard InChI is InChI=1S/C61H70N10O11S/c1-37(2)81-54-6-4-3-5-45(54)52-32-68(53-35-79-33-40-31-62-16-10-44(40)53)20-21-69(52)42-29-61(30-42)14-18-67(19-15-61)41-7-8-46(49(26-41)70-48-13-24-78-36-56(48)82-60-51(70)25-39-9-17-63-58(39)65-60)59(72)66-83(75,76)43-27-50(71(73)74)57-55(28-43)80-34-47(64-57)38-11-22-77-23-12-38/h3-10,16-17,25-28,31,37-38,42,47-48,52-53,56,64H,11-15,18-24,29-30,32-36H2,1-2H3,(H,63,65)(H,66,72)/t47-,48-,52-,53-,56-/m0/s1. The molecule has 21 nitrogen and oxygen atoms in total. The number of fused-ring (bicyclic) bond motifs is 5. The number of nitro benzene ring substituents is 1. The third-order valence-electron chi connectivity index (χ3n) is 18.8. The number of sulfonamides is 1. The number of nitrogens with one attached hydrogen (secondary N) is 3. The predicted octanol–water partition coefficient (Wildman–Crippen LogP) is 8.44. The Morgan fingerprint density at radius 2 is 1.72 bits per heavy atom. The summed E-state index contributed by atoms with van der Waals surface area (Å²) in [6.07, 6.45) is 11.5. The topological polar surface area (TPSA) is 228 Å². The van der Waals surface area contributed by atoms with Gasteiger partial charge in [0.05, 0.1) is 71.2 Å². The van der Waals surface area contributed by atoms with Crippen molar-refractivity contribution in [3.63, 3.8) is 0 Å². The van der Waals surface area contributed by atoms with Crippen LogP contribution < -0.4 is 34.0 Å². The van der Waals surface area contributed by atoms with E-state index in [-0.39, 0.29) is 71.8 Å². The van der Waals surface area contributed by atoms with Crippen LogP contribution in [0.3, 0.4) is 0 Å². The fourth-order valence-electron chi connectivity index (χ4n) is 14.5. The van der Waals surface area contributed by atoms with E-state index in [1.807, 2.05) is 42.9 Å². The van der Waals surface area contributed by atoms with Crippen LogP contribution in [-0.4, -0.2) is 147 Å². The number of amides is 1. The summed E-state index contributed by atoms with van der Waals surface area (Å²) in [7, 11) is -4.72. The summed E-state index contributed by atoms with van der Waals surface area (Å²) in [4.78, 5) is 48.8. The molecule has 1 saturated carbocycles. The second-order valence-electron chi connectivity index (χ2n) is 24.0. The van der Waals surface area contributed by atoms with E-state index in [4.69, 9.17) is 33.4 Å². The minimum atomic E-state index is -4.72. The number of para-hydroxylation sites is 1. The van der Waals surface area contributed by atoms with Gasteiger partial charge in [0.25, 0.3) is 21.6 Å². The Hall–Kier alpha value is -7.08. The molecule has 0 bridgehead atoms. The summed E-state index contributed by atoms with van der Waals surface area (Å²) in [6, 6.07) is 22.6. The largest absolute Gasteiger partial charge is 0.491 e. The molecule has 5 fully saturated rings. The number of piperidine rings is 1. The monoisotopic (exact) mass is 1150 g/mol. The van der Waals surface area contributed by atoms with Gasteiger partial charge in [0.15, 0.2) is 11.4 Å². The van der Waals surface area contributed by atoms with E-state index in [0.29, 0.717) is 68.4 Å². The van der Waals surface area contributed by atoms with Gasteiger partial charge in [-0.05, 0) is 118 Å². The van der Waals surface area contributed by atoms with Crippen molar-refractivity contribution in [3.05, 3.63) is 124 Å². The Morgan fingerprint density at radius 3 is 2.55 bits per heavy atom. The molecule has 1 amide bonds. The van der Waals surface area contributed by atoms with Gasteiger partial charge in [-0.1, -0.05) is 18.2 Å². The van der Waals surface area contributed by atoms with Crippen molar-refractivity contribution in [2.24, 2.45) is 11.3 Å². The lowest BCUT2D eigenvalue weighted by Crippen LogP contribution is -2.60. The summed E-state index contributed by atoms with van der Waals surface area (Å²) < 4.78 is 68.1. The van der Waals surface area contributed by atoms with E-state index in [0.717, 1.165) is 99.7 Å². The van der Waals surface area contributed by atoms with Gasteiger partial charge in [-0.3, -0.25) is 29.7 Å². The maximum Gasteiger partial charge on any atom is 0.297 e. The second kappa shape index (κ2) is 21.8. The maximum atomic E-state index is 15.0. The number of rotatable bonds is 12. The number of hydrogen-bond acceptors (Lipinski definition) is 18. The Morgan fingerprint density at radius 1 is 0.892 bits per heavy atom. The Balaban J connectivity index is 0.740. The summed E-state index contributed by atoms with van der Waals surface area (Å²) in [6.45, 7) is 11.8. The number of pyridine rings is 2. The minimum absolute atomic E-state index is 0.0241. The average Bonchev–Trinajstić information content (AvgIpc) is 4.15. The van der Waals surface area contributed by atoms with E-state index >= 15 is 0 Å². The van der Waals surface area contributed by atoms with Crippen LogP contribution in [0.1, 0.15) is 97.9 Å². The fourth-order valence-corrected chi connectivity index (χ4v) is 15.5. The van der Waals surface area contributed by atoms with Gasteiger partial charge < -0.3 is 48.5 Å². The number of hydrogen-bond donors (Lipinski definition) is 3. The van der Waals surface area contributed by atoms with Crippen molar-refractivity contribution in [1.82, 2.24) is 29.5 Å². The number of anilines is 4. The van der Waals surface area contributed by atoms with Crippen LogP contribution in [0.25, 0.3) is 11.0 Å². The minimum Gasteiger partial charge on any atom is -0.491 e. The van der Waals surface area contributed by atoms with Gasteiger partial charge in [-0.25, -0.2) is 13.1 Å². The smallest absolute Gasteiger partial charge is 0.297 e. The highest BCUT2D eigenvalue weighted by atomic mass is 32.2. The molecular weight excluding hydrogens is 1080 g/mol. The molecule has 1 aliphatic carbocycles. The van der Waals surface area contributed by atoms with E-state index in [1.54, 1.807) is 6.07 Å². The van der Waals surface area contributed by atoms with Gasteiger partial charge in [0.2, 0.25) is 5.88 Å². The number of carbonyl (C=O) groups is 1. The number of carbonyl (C=O) groups excluding carboxylic acids is 1. The lowest BCUT2D eigenvalue weighted by molar-refractivity contribution is -0.384. The first kappa shape index (κ1) is 53.9. The van der Waals surface area contributed by atoms with Crippen molar-refractivity contribution in [2.45, 2.75) is 113 Å². The normalized spacial score (nSPS) is 24.8. The molecule has 4 saturated heterocycles. The quantitative estimate of drug-likeness (QED) is 0.0771. The second-order valence-corrected chi connectivity index (χ2v) is 25.7. The van der Waals surface area contributed by atoms with E-state index < -0.39 is 37.5 Å². The highest BCUT2D eigenvalue weighted by molar-refractivity contribution is 7.90. The molecule has 7 aliphatic heterocycles. The first-order valence-electron chi connectivity index (χ1n) is 29.4. The average molecular weight is 1150 g/mol. The Kier molecular flexibility index (Phi) is 14.2. The van der Waals surface area contributed by atoms with Gasteiger partial charge in [-0.15, -0.1) is 0 Å². The molecule has 8 aliphatic rings. The van der Waals surface area contributed by atoms with Crippen LogP contribution in [0.2, 0.25) is 0 Å². The Labute approximate surface area is 482 Å². The molecule has 0 unspecified atom stereocenters. The van der Waals surface area contributed by atoms with E-state index in [9.17, 15) is 23.3 Å². The molecule has 6 aromatic rings. The molecular formula is C61H70N10O11S. The van der Waals surface area contributed by atoms with Crippen molar-refractivity contribution in [1.29, 1.82) is 0 Å². The molecule has 1 spiro atoms. The number of ether oxygens (including phenoxy) is 6. The molecule has 10 heterocycles. The molecule has 14 rings (SSSR count). The van der Waals surface area contributed by atoms with Crippen LogP contribution in [0.5, 0.6) is 17.4 Å². The molecule has 5 atom stereocenters. The Bertz CT molecular complexity index is 3560. The first-order chi connectivity index (χ1) is 40.3. The van der Waals surface area contributed by atoms with Gasteiger partial charge in [-0.2, -0.15) is 4.98 Å².